The molecule has 0 atom stereocenters. The summed E-state index contributed by atoms with van der Waals surface area (Å²) in [6.07, 6.45) is 4.73. The van der Waals surface area contributed by atoms with Crippen molar-refractivity contribution in [2.45, 2.75) is 19.3 Å². The van der Waals surface area contributed by atoms with E-state index in [1.807, 2.05) is 6.07 Å². The molecule has 1 saturated heterocycles. The van der Waals surface area contributed by atoms with Crippen molar-refractivity contribution in [1.82, 2.24) is 10.2 Å². The van der Waals surface area contributed by atoms with E-state index in [1.165, 1.54) is 0 Å². The van der Waals surface area contributed by atoms with Gasteiger partial charge in [-0.15, -0.1) is 0 Å². The molecule has 2 heterocycles. The fraction of sp³-hybridized carbons (Fsp3) is 0.304. The number of hydrogen-bond donors (Lipinski definition) is 1. The van der Waals surface area contributed by atoms with Crippen LogP contribution >= 0.6 is 0 Å². The van der Waals surface area contributed by atoms with Crippen LogP contribution in [0.2, 0.25) is 0 Å². The summed E-state index contributed by atoms with van der Waals surface area (Å²) in [5.74, 6) is 1.41. The van der Waals surface area contributed by atoms with Crippen LogP contribution in [0.15, 0.2) is 48.2 Å². The highest BCUT2D eigenvalue weighted by molar-refractivity contribution is 6.05. The van der Waals surface area contributed by atoms with Gasteiger partial charge in [-0.25, -0.2) is 0 Å². The summed E-state index contributed by atoms with van der Waals surface area (Å²) in [7, 11) is 1.57. The van der Waals surface area contributed by atoms with E-state index in [9.17, 15) is 9.59 Å². The molecule has 0 radical (unpaired) electrons. The van der Waals surface area contributed by atoms with E-state index in [0.717, 1.165) is 24.8 Å². The number of rotatable bonds is 5. The van der Waals surface area contributed by atoms with Crippen LogP contribution in [0.4, 0.5) is 0 Å². The maximum absolute atomic E-state index is 13.2. The zero-order valence-electron chi connectivity index (χ0n) is 16.8. The van der Waals surface area contributed by atoms with Crippen molar-refractivity contribution in [1.29, 1.82) is 0 Å². The van der Waals surface area contributed by atoms with E-state index in [-0.39, 0.29) is 24.3 Å². The van der Waals surface area contributed by atoms with Crippen LogP contribution in [0.25, 0.3) is 6.08 Å². The Morgan fingerprint density at radius 3 is 2.47 bits per heavy atom. The second-order valence-electron chi connectivity index (χ2n) is 7.21. The Bertz CT molecular complexity index is 962. The van der Waals surface area contributed by atoms with Crippen LogP contribution < -0.4 is 19.5 Å². The largest absolute Gasteiger partial charge is 0.497 e. The number of methoxy groups -OCH3 is 1. The monoisotopic (exact) mass is 408 g/mol. The molecule has 0 aromatic heterocycles. The minimum atomic E-state index is -0.352. The first-order valence-corrected chi connectivity index (χ1v) is 10.00. The number of benzene rings is 2. The third kappa shape index (κ3) is 4.40. The van der Waals surface area contributed by atoms with Gasteiger partial charge < -0.3 is 24.4 Å². The van der Waals surface area contributed by atoms with Crippen molar-refractivity contribution < 1.29 is 23.8 Å². The maximum Gasteiger partial charge on any atom is 0.270 e. The number of ether oxygens (including phenoxy) is 3. The van der Waals surface area contributed by atoms with Crippen LogP contribution in [0.5, 0.6) is 17.2 Å². The van der Waals surface area contributed by atoms with Crippen molar-refractivity contribution in [2.75, 3.05) is 27.0 Å². The molecule has 30 heavy (non-hydrogen) atoms. The molecule has 2 amide bonds. The molecule has 0 aliphatic carbocycles. The smallest absolute Gasteiger partial charge is 0.270 e. The van der Waals surface area contributed by atoms with Crippen molar-refractivity contribution in [3.63, 3.8) is 0 Å². The minimum absolute atomic E-state index is 0.177. The van der Waals surface area contributed by atoms with Gasteiger partial charge in [-0.3, -0.25) is 9.59 Å². The second-order valence-corrected chi connectivity index (χ2v) is 7.21. The van der Waals surface area contributed by atoms with Crippen LogP contribution in [0, 0.1) is 0 Å². The predicted molar refractivity (Wildman–Crippen MR) is 111 cm³/mol. The third-order valence-electron chi connectivity index (χ3n) is 5.18. The lowest BCUT2D eigenvalue weighted by atomic mass is 10.1. The Labute approximate surface area is 175 Å². The van der Waals surface area contributed by atoms with Crippen LogP contribution in [0.3, 0.4) is 0 Å². The third-order valence-corrected chi connectivity index (χ3v) is 5.18. The van der Waals surface area contributed by atoms with Gasteiger partial charge in [-0.2, -0.15) is 0 Å². The number of nitrogens with one attached hydrogen (secondary N) is 1. The number of piperidine rings is 1. The summed E-state index contributed by atoms with van der Waals surface area (Å²) in [6, 6.07) is 12.2. The minimum Gasteiger partial charge on any atom is -0.497 e. The highest BCUT2D eigenvalue weighted by Gasteiger charge is 2.23. The van der Waals surface area contributed by atoms with Crippen molar-refractivity contribution in [2.24, 2.45) is 0 Å². The number of amides is 2. The zero-order chi connectivity index (χ0) is 20.9. The molecular formula is C23H24N2O5. The van der Waals surface area contributed by atoms with Gasteiger partial charge in [0.1, 0.15) is 11.4 Å². The lowest BCUT2D eigenvalue weighted by Crippen LogP contribution is -2.41. The molecule has 2 aromatic carbocycles. The van der Waals surface area contributed by atoms with Crippen molar-refractivity contribution in [3.8, 4) is 17.2 Å². The second kappa shape index (κ2) is 8.90. The molecule has 2 aliphatic heterocycles. The molecule has 2 aliphatic rings. The number of carbonyl (C=O) groups excluding carboxylic acids is 2. The fourth-order valence-electron chi connectivity index (χ4n) is 3.53. The summed E-state index contributed by atoms with van der Waals surface area (Å²) < 4.78 is 15.9. The Morgan fingerprint density at radius 2 is 1.73 bits per heavy atom. The van der Waals surface area contributed by atoms with E-state index in [2.05, 4.69) is 5.32 Å². The Morgan fingerprint density at radius 1 is 1.00 bits per heavy atom. The van der Waals surface area contributed by atoms with Crippen LogP contribution in [-0.2, 0) is 4.79 Å². The van der Waals surface area contributed by atoms with Crippen molar-refractivity contribution in [3.05, 3.63) is 59.3 Å². The Kier molecular flexibility index (Phi) is 5.88. The molecule has 1 fully saturated rings. The molecule has 156 valence electrons. The summed E-state index contributed by atoms with van der Waals surface area (Å²) in [5, 5.41) is 2.80. The SMILES string of the molecule is COc1ccc(C(=O)NC(=Cc2ccc3c(c2)OCO3)C(=O)N2CCCCC2)cc1. The van der Waals surface area contributed by atoms with Gasteiger partial charge in [0, 0.05) is 18.7 Å². The first kappa shape index (κ1) is 19.8. The number of nitrogens with zero attached hydrogens (tertiary/aromatic N) is 1. The first-order chi connectivity index (χ1) is 14.6. The van der Waals surface area contributed by atoms with Gasteiger partial charge in [0.25, 0.3) is 11.8 Å². The molecule has 0 unspecified atom stereocenters. The summed E-state index contributed by atoms with van der Waals surface area (Å²) in [4.78, 5) is 27.8. The quantitative estimate of drug-likeness (QED) is 0.769. The van der Waals surface area contributed by atoms with E-state index in [1.54, 1.807) is 54.5 Å². The number of carbonyl (C=O) groups is 2. The number of likely N-dealkylation sites (tertiary alicyclic amines) is 1. The normalized spacial score (nSPS) is 15.6. The van der Waals surface area contributed by atoms with Gasteiger partial charge in [-0.05, 0) is 67.3 Å². The molecule has 2 aromatic rings. The standard InChI is InChI=1S/C23H24N2O5/c1-28-18-8-6-17(7-9-18)22(26)24-19(23(27)25-11-3-2-4-12-25)13-16-5-10-20-21(14-16)30-15-29-20/h5-10,13-14H,2-4,11-12,15H2,1H3,(H,24,26). The molecular weight excluding hydrogens is 384 g/mol. The lowest BCUT2D eigenvalue weighted by Gasteiger charge is -2.27. The highest BCUT2D eigenvalue weighted by atomic mass is 16.7. The Hall–Kier alpha value is -3.48. The summed E-state index contributed by atoms with van der Waals surface area (Å²) in [6.45, 7) is 1.56. The Balaban J connectivity index is 1.60. The molecule has 0 spiro atoms. The lowest BCUT2D eigenvalue weighted by molar-refractivity contribution is -0.128. The van der Waals surface area contributed by atoms with Crippen molar-refractivity contribution >= 4 is 17.9 Å². The molecule has 1 N–H and O–H groups in total. The summed E-state index contributed by atoms with van der Waals surface area (Å²) in [5.41, 5.74) is 1.42. The predicted octanol–water partition coefficient (Wildman–Crippen LogP) is 3.21. The maximum atomic E-state index is 13.2. The first-order valence-electron chi connectivity index (χ1n) is 10.00. The molecule has 0 bridgehead atoms. The van der Waals surface area contributed by atoms with Crippen LogP contribution in [-0.4, -0.2) is 43.7 Å². The molecule has 4 rings (SSSR count). The zero-order valence-corrected chi connectivity index (χ0v) is 16.8. The molecule has 0 saturated carbocycles. The molecule has 7 heteroatoms. The topological polar surface area (TPSA) is 77.1 Å². The van der Waals surface area contributed by atoms with E-state index < -0.39 is 0 Å². The highest BCUT2D eigenvalue weighted by Crippen LogP contribution is 2.33. The van der Waals surface area contributed by atoms with Gasteiger partial charge in [0.2, 0.25) is 6.79 Å². The van der Waals surface area contributed by atoms with Crippen LogP contribution in [0.1, 0.15) is 35.2 Å². The van der Waals surface area contributed by atoms with E-state index >= 15 is 0 Å². The van der Waals surface area contributed by atoms with E-state index in [4.69, 9.17) is 14.2 Å². The van der Waals surface area contributed by atoms with Gasteiger partial charge in [0.15, 0.2) is 11.5 Å². The molecule has 7 nitrogen and oxygen atoms in total. The average Bonchev–Trinajstić information content (AvgIpc) is 3.26. The average molecular weight is 408 g/mol. The van der Waals surface area contributed by atoms with Gasteiger partial charge in [0.05, 0.1) is 7.11 Å². The van der Waals surface area contributed by atoms with E-state index in [0.29, 0.717) is 35.9 Å². The number of fused-ring (bicyclic) bond motifs is 1. The van der Waals surface area contributed by atoms with Gasteiger partial charge in [-0.1, -0.05) is 6.07 Å². The van der Waals surface area contributed by atoms with Gasteiger partial charge >= 0.3 is 0 Å². The fourth-order valence-corrected chi connectivity index (χ4v) is 3.53. The number of hydrogen-bond acceptors (Lipinski definition) is 5. The summed E-state index contributed by atoms with van der Waals surface area (Å²) >= 11 is 0.